The van der Waals surface area contributed by atoms with Crippen LogP contribution in [0.3, 0.4) is 0 Å². The first-order chi connectivity index (χ1) is 15.3. The van der Waals surface area contributed by atoms with Crippen LogP contribution >= 0.6 is 0 Å². The Bertz CT molecular complexity index is 753. The van der Waals surface area contributed by atoms with Crippen LogP contribution in [-0.4, -0.2) is 45.3 Å². The molecule has 1 aliphatic rings. The van der Waals surface area contributed by atoms with E-state index in [2.05, 4.69) is 75.9 Å². The maximum atomic E-state index is 14.0. The van der Waals surface area contributed by atoms with Gasteiger partial charge >= 0.3 is 0 Å². The molecular weight excluding hydrogens is 399 g/mol. The number of hydrogen-bond acceptors (Lipinski definition) is 3. The van der Waals surface area contributed by atoms with Gasteiger partial charge in [0.25, 0.3) is 0 Å². The van der Waals surface area contributed by atoms with E-state index >= 15 is 0 Å². The van der Waals surface area contributed by atoms with Gasteiger partial charge in [-0.3, -0.25) is 0 Å². The molecule has 0 N–H and O–H groups in total. The Balaban J connectivity index is 0.000000307. The molecule has 0 bridgehead atoms. The fourth-order valence-electron chi connectivity index (χ4n) is 3.50. The van der Waals surface area contributed by atoms with Crippen molar-refractivity contribution in [2.75, 3.05) is 45.3 Å². The normalized spacial score (nSPS) is 14.4. The van der Waals surface area contributed by atoms with Crippen molar-refractivity contribution in [1.82, 2.24) is 4.90 Å². The van der Waals surface area contributed by atoms with Crippen molar-refractivity contribution < 1.29 is 9.13 Å². The van der Waals surface area contributed by atoms with Gasteiger partial charge in [-0.25, -0.2) is 4.39 Å². The Morgan fingerprint density at radius 1 is 0.938 bits per heavy atom. The van der Waals surface area contributed by atoms with Crippen LogP contribution in [0.25, 0.3) is 0 Å². The summed E-state index contributed by atoms with van der Waals surface area (Å²) in [7, 11) is 4.19. The van der Waals surface area contributed by atoms with E-state index in [1.54, 1.807) is 6.07 Å². The van der Waals surface area contributed by atoms with Gasteiger partial charge in [0.15, 0.2) is 0 Å². The Morgan fingerprint density at radius 2 is 1.50 bits per heavy atom. The van der Waals surface area contributed by atoms with Gasteiger partial charge in [0.1, 0.15) is 5.82 Å². The fraction of sp³-hybridized carbons (Fsp3) is 0.571. The van der Waals surface area contributed by atoms with E-state index in [9.17, 15) is 4.39 Å². The lowest BCUT2D eigenvalue weighted by molar-refractivity contribution is 0.122. The van der Waals surface area contributed by atoms with Crippen LogP contribution in [0.4, 0.5) is 10.1 Å². The number of ether oxygens (including phenoxy) is 1. The van der Waals surface area contributed by atoms with Crippen LogP contribution in [-0.2, 0) is 11.3 Å². The highest BCUT2D eigenvalue weighted by molar-refractivity contribution is 5.50. The van der Waals surface area contributed by atoms with Crippen LogP contribution in [0.2, 0.25) is 0 Å². The lowest BCUT2D eigenvalue weighted by atomic mass is 9.98. The van der Waals surface area contributed by atoms with Crippen molar-refractivity contribution in [1.29, 1.82) is 0 Å². The van der Waals surface area contributed by atoms with Crippen LogP contribution in [0.1, 0.15) is 76.5 Å². The Kier molecular flexibility index (Phi) is 13.2. The zero-order valence-electron chi connectivity index (χ0n) is 21.6. The van der Waals surface area contributed by atoms with Crippen molar-refractivity contribution in [3.8, 4) is 0 Å². The summed E-state index contributed by atoms with van der Waals surface area (Å²) in [5.41, 5.74) is 4.60. The van der Waals surface area contributed by atoms with E-state index in [1.165, 1.54) is 11.1 Å². The first kappa shape index (κ1) is 28.1. The molecule has 1 unspecified atom stereocenters. The summed E-state index contributed by atoms with van der Waals surface area (Å²) >= 11 is 0. The molecule has 0 aliphatic carbocycles. The van der Waals surface area contributed by atoms with E-state index in [-0.39, 0.29) is 5.82 Å². The Morgan fingerprint density at radius 3 is 1.97 bits per heavy atom. The molecule has 0 radical (unpaired) electrons. The zero-order valence-corrected chi connectivity index (χ0v) is 21.6. The average Bonchev–Trinajstić information content (AvgIpc) is 2.80. The molecule has 1 fully saturated rings. The van der Waals surface area contributed by atoms with E-state index in [0.29, 0.717) is 30.7 Å². The van der Waals surface area contributed by atoms with E-state index < -0.39 is 0 Å². The molecule has 32 heavy (non-hydrogen) atoms. The molecular formula is C28H45FN2O. The summed E-state index contributed by atoms with van der Waals surface area (Å²) in [6.45, 7) is 16.7. The summed E-state index contributed by atoms with van der Waals surface area (Å²) in [5.74, 6) is 0.946. The monoisotopic (exact) mass is 444 g/mol. The number of benzene rings is 2. The van der Waals surface area contributed by atoms with Crippen molar-refractivity contribution >= 4 is 5.69 Å². The number of anilines is 1. The largest absolute Gasteiger partial charge is 0.378 e. The van der Waals surface area contributed by atoms with E-state index in [0.717, 1.165) is 31.6 Å². The minimum absolute atomic E-state index is 0.107. The SMILES string of the molecule is CC.CC(C)c1ccc(CN(C)C)cc1.CCC(C)c1ccc(N2CCOCC2)c(F)c1. The minimum Gasteiger partial charge on any atom is -0.378 e. The van der Waals surface area contributed by atoms with E-state index in [4.69, 9.17) is 4.74 Å². The highest BCUT2D eigenvalue weighted by atomic mass is 19.1. The van der Waals surface area contributed by atoms with Gasteiger partial charge in [-0.05, 0) is 61.2 Å². The molecule has 2 aromatic carbocycles. The number of hydrogen-bond donors (Lipinski definition) is 0. The quantitative estimate of drug-likeness (QED) is 0.474. The summed E-state index contributed by atoms with van der Waals surface area (Å²) in [6, 6.07) is 14.5. The smallest absolute Gasteiger partial charge is 0.146 e. The molecule has 2 aromatic rings. The summed E-state index contributed by atoms with van der Waals surface area (Å²) in [6.07, 6.45) is 1.04. The molecule has 3 rings (SSSR count). The molecule has 1 heterocycles. The van der Waals surface area contributed by atoms with E-state index in [1.807, 2.05) is 26.0 Å². The molecule has 180 valence electrons. The third-order valence-electron chi connectivity index (χ3n) is 5.65. The van der Waals surface area contributed by atoms with Gasteiger partial charge in [-0.2, -0.15) is 0 Å². The molecule has 3 nitrogen and oxygen atoms in total. The average molecular weight is 445 g/mol. The summed E-state index contributed by atoms with van der Waals surface area (Å²) < 4.78 is 19.3. The van der Waals surface area contributed by atoms with Gasteiger partial charge in [0, 0.05) is 19.6 Å². The Labute approximate surface area is 196 Å². The molecule has 4 heteroatoms. The van der Waals surface area contributed by atoms with Gasteiger partial charge in [-0.15, -0.1) is 0 Å². The predicted octanol–water partition coefficient (Wildman–Crippen LogP) is 7.07. The molecule has 0 spiro atoms. The van der Waals surface area contributed by atoms with Crippen LogP contribution in [0, 0.1) is 5.82 Å². The first-order valence-electron chi connectivity index (χ1n) is 12.2. The third-order valence-corrected chi connectivity index (χ3v) is 5.65. The molecule has 0 aromatic heterocycles. The van der Waals surface area contributed by atoms with Crippen LogP contribution in [0.5, 0.6) is 0 Å². The van der Waals surface area contributed by atoms with Gasteiger partial charge in [-0.1, -0.05) is 71.9 Å². The second kappa shape index (κ2) is 15.0. The maximum Gasteiger partial charge on any atom is 0.146 e. The highest BCUT2D eigenvalue weighted by Gasteiger charge is 2.16. The third kappa shape index (κ3) is 9.30. The second-order valence-electron chi connectivity index (χ2n) is 8.75. The molecule has 0 amide bonds. The highest BCUT2D eigenvalue weighted by Crippen LogP contribution is 2.26. The number of nitrogens with zero attached hydrogens (tertiary/aromatic N) is 2. The first-order valence-corrected chi connectivity index (χ1v) is 12.2. The fourth-order valence-corrected chi connectivity index (χ4v) is 3.50. The molecule has 1 saturated heterocycles. The number of morpholine rings is 1. The zero-order chi connectivity index (χ0) is 24.1. The molecule has 1 aliphatic heterocycles. The molecule has 0 saturated carbocycles. The van der Waals surface area contributed by atoms with Crippen molar-refractivity contribution in [2.24, 2.45) is 0 Å². The minimum atomic E-state index is -0.107. The summed E-state index contributed by atoms with van der Waals surface area (Å²) in [4.78, 5) is 4.24. The lowest BCUT2D eigenvalue weighted by Gasteiger charge is -2.29. The summed E-state index contributed by atoms with van der Waals surface area (Å²) in [5, 5.41) is 0. The number of halogens is 1. The number of rotatable bonds is 6. The van der Waals surface area contributed by atoms with Crippen molar-refractivity contribution in [3.05, 3.63) is 65.0 Å². The second-order valence-corrected chi connectivity index (χ2v) is 8.75. The standard InChI is InChI=1S/C14H20FNO.C12H19N.C2H6/c1-3-11(2)12-4-5-14(13(15)10-12)16-6-8-17-9-7-16;1-10(2)12-7-5-11(6-8-12)9-13(3)4;1-2/h4-5,10-11H,3,6-9H2,1-2H3;5-8,10H,9H2,1-4H3;1-2H3. The van der Waals surface area contributed by atoms with Crippen LogP contribution in [0.15, 0.2) is 42.5 Å². The molecule has 1 atom stereocenters. The van der Waals surface area contributed by atoms with Gasteiger partial charge in [0.05, 0.1) is 18.9 Å². The van der Waals surface area contributed by atoms with Crippen LogP contribution < -0.4 is 4.90 Å². The van der Waals surface area contributed by atoms with Gasteiger partial charge in [0.2, 0.25) is 0 Å². The van der Waals surface area contributed by atoms with Gasteiger partial charge < -0.3 is 14.5 Å². The van der Waals surface area contributed by atoms with Crippen molar-refractivity contribution in [3.63, 3.8) is 0 Å². The topological polar surface area (TPSA) is 15.7 Å². The predicted molar refractivity (Wildman–Crippen MR) is 137 cm³/mol. The lowest BCUT2D eigenvalue weighted by Crippen LogP contribution is -2.36. The Hall–Kier alpha value is -1.91. The maximum absolute atomic E-state index is 14.0. The van der Waals surface area contributed by atoms with Crippen molar-refractivity contribution in [2.45, 2.75) is 66.3 Å².